The lowest BCUT2D eigenvalue weighted by Gasteiger charge is -1.97. The van der Waals surface area contributed by atoms with Crippen LogP contribution in [0.25, 0.3) is 0 Å². The van der Waals surface area contributed by atoms with Gasteiger partial charge in [0.05, 0.1) is 13.2 Å². The molecule has 0 aromatic rings. The summed E-state index contributed by atoms with van der Waals surface area (Å²) in [5, 5.41) is 0. The summed E-state index contributed by atoms with van der Waals surface area (Å²) < 4.78 is 10.2. The Balaban J connectivity index is 1.94. The molecule has 1 fully saturated rings. The summed E-state index contributed by atoms with van der Waals surface area (Å²) in [4.78, 5) is 11.0. The molecule has 0 aliphatic carbocycles. The van der Waals surface area contributed by atoms with Crippen molar-refractivity contribution in [3.8, 4) is 0 Å². The molecular formula is C21H34O3. The number of carbonyl (C=O) groups excluding carboxylic acids is 1. The first-order valence-corrected chi connectivity index (χ1v) is 9.50. The van der Waals surface area contributed by atoms with Crippen LogP contribution < -0.4 is 0 Å². The molecule has 0 N–H and O–H groups in total. The van der Waals surface area contributed by atoms with Gasteiger partial charge in [-0.1, -0.05) is 75.5 Å². The third kappa shape index (κ3) is 11.2. The fourth-order valence-electron chi connectivity index (χ4n) is 2.63. The highest BCUT2D eigenvalue weighted by atomic mass is 16.6. The number of ether oxygens (including phenoxy) is 2. The lowest BCUT2D eigenvalue weighted by atomic mass is 10.1. The Morgan fingerprint density at radius 2 is 1.75 bits per heavy atom. The molecule has 1 aliphatic heterocycles. The van der Waals surface area contributed by atoms with Crippen LogP contribution in [0.2, 0.25) is 0 Å². The number of rotatable bonds is 14. The highest BCUT2D eigenvalue weighted by Crippen LogP contribution is 2.28. The van der Waals surface area contributed by atoms with E-state index < -0.39 is 0 Å². The number of epoxide rings is 1. The first-order valence-electron chi connectivity index (χ1n) is 9.50. The predicted molar refractivity (Wildman–Crippen MR) is 99.9 cm³/mol. The highest BCUT2D eigenvalue weighted by molar-refractivity contribution is 5.68. The number of hydrogen-bond acceptors (Lipinski definition) is 3. The van der Waals surface area contributed by atoms with Crippen LogP contribution in [0.5, 0.6) is 0 Å². The molecule has 1 rings (SSSR count). The molecule has 0 radical (unpaired) electrons. The average Bonchev–Trinajstić information content (AvgIpc) is 3.34. The minimum absolute atomic E-state index is 0.140. The summed E-state index contributed by atoms with van der Waals surface area (Å²) in [5.74, 6) is -0.140. The van der Waals surface area contributed by atoms with E-state index in [2.05, 4.69) is 36.0 Å². The monoisotopic (exact) mass is 334 g/mol. The van der Waals surface area contributed by atoms with E-state index in [4.69, 9.17) is 4.74 Å². The van der Waals surface area contributed by atoms with Gasteiger partial charge in [-0.15, -0.1) is 0 Å². The van der Waals surface area contributed by atoms with Gasteiger partial charge in [-0.05, 0) is 25.7 Å². The molecule has 0 spiro atoms. The summed E-state index contributed by atoms with van der Waals surface area (Å²) in [5.41, 5.74) is 0. The minimum Gasteiger partial charge on any atom is -0.469 e. The summed E-state index contributed by atoms with van der Waals surface area (Å²) in [7, 11) is 1.43. The van der Waals surface area contributed by atoms with Gasteiger partial charge in [0.2, 0.25) is 0 Å². The summed E-state index contributed by atoms with van der Waals surface area (Å²) in [6, 6.07) is 0. The zero-order valence-electron chi connectivity index (χ0n) is 15.4. The summed E-state index contributed by atoms with van der Waals surface area (Å²) >= 11 is 0. The molecule has 2 atom stereocenters. The number of unbranched alkanes of at least 4 members (excludes halogenated alkanes) is 6. The maximum Gasteiger partial charge on any atom is 0.305 e. The van der Waals surface area contributed by atoms with Crippen molar-refractivity contribution in [2.75, 3.05) is 7.11 Å². The third-order valence-electron chi connectivity index (χ3n) is 4.21. The Morgan fingerprint density at radius 1 is 1.00 bits per heavy atom. The predicted octanol–water partition coefficient (Wildman–Crippen LogP) is 5.52. The molecule has 0 aromatic heterocycles. The second-order valence-electron chi connectivity index (χ2n) is 6.36. The molecule has 3 heteroatoms. The van der Waals surface area contributed by atoms with Crippen molar-refractivity contribution in [1.82, 2.24) is 0 Å². The average molecular weight is 335 g/mol. The molecule has 24 heavy (non-hydrogen) atoms. The van der Waals surface area contributed by atoms with Gasteiger partial charge >= 0.3 is 5.97 Å². The fraction of sp³-hybridized carbons (Fsp3) is 0.667. The van der Waals surface area contributed by atoms with E-state index in [1.807, 2.05) is 12.2 Å². The number of carbonyl (C=O) groups is 1. The van der Waals surface area contributed by atoms with Crippen molar-refractivity contribution >= 4 is 5.97 Å². The van der Waals surface area contributed by atoms with Crippen molar-refractivity contribution in [2.45, 2.75) is 83.3 Å². The van der Waals surface area contributed by atoms with E-state index >= 15 is 0 Å². The lowest BCUT2D eigenvalue weighted by molar-refractivity contribution is -0.140. The number of hydrogen-bond donors (Lipinski definition) is 0. The van der Waals surface area contributed by atoms with Crippen LogP contribution >= 0.6 is 0 Å². The normalized spacial score (nSPS) is 20.4. The zero-order chi connectivity index (χ0) is 17.5. The Labute approximate surface area is 147 Å². The standard InChI is InChI=1S/C21H34O3/c1-3-4-5-6-7-8-9-10-11-12-13-14-16-19-20(24-19)17-15-18-21(22)23-2/h10-14,16,19-20H,3-9,15,17-18H2,1-2H3/b11-10+,13-12+,16-14+/t19-,20-/m1/s1. The second kappa shape index (κ2) is 14.0. The van der Waals surface area contributed by atoms with E-state index in [1.165, 1.54) is 52.1 Å². The van der Waals surface area contributed by atoms with Crippen LogP contribution in [0, 0.1) is 0 Å². The number of esters is 1. The fourth-order valence-corrected chi connectivity index (χ4v) is 2.63. The van der Waals surface area contributed by atoms with Crippen molar-refractivity contribution < 1.29 is 14.3 Å². The first kappa shape index (κ1) is 20.7. The topological polar surface area (TPSA) is 38.8 Å². The largest absolute Gasteiger partial charge is 0.469 e. The minimum atomic E-state index is -0.140. The van der Waals surface area contributed by atoms with Gasteiger partial charge in [0.25, 0.3) is 0 Å². The van der Waals surface area contributed by atoms with Crippen molar-refractivity contribution in [2.24, 2.45) is 0 Å². The number of methoxy groups -OCH3 is 1. The summed E-state index contributed by atoms with van der Waals surface area (Å²) in [6.07, 6.45) is 24.6. The van der Waals surface area contributed by atoms with Gasteiger partial charge in [-0.3, -0.25) is 4.79 Å². The Hall–Kier alpha value is -1.35. The van der Waals surface area contributed by atoms with Crippen molar-refractivity contribution in [3.63, 3.8) is 0 Å². The molecule has 136 valence electrons. The Kier molecular flexibility index (Phi) is 12.1. The third-order valence-corrected chi connectivity index (χ3v) is 4.21. The van der Waals surface area contributed by atoms with Gasteiger partial charge < -0.3 is 9.47 Å². The SMILES string of the molecule is CCCCCCCC/C=C/C=C/C=C/[C@H]1O[C@@H]1CCCC(=O)OC. The molecule has 1 heterocycles. The first-order chi connectivity index (χ1) is 11.8. The molecule has 3 nitrogen and oxygen atoms in total. The highest BCUT2D eigenvalue weighted by Gasteiger charge is 2.35. The maximum atomic E-state index is 11.0. The quantitative estimate of drug-likeness (QED) is 0.182. The molecule has 0 saturated carbocycles. The van der Waals surface area contributed by atoms with Gasteiger partial charge in [-0.2, -0.15) is 0 Å². The van der Waals surface area contributed by atoms with Crippen LogP contribution in [0.3, 0.4) is 0 Å². The molecular weight excluding hydrogens is 300 g/mol. The summed E-state index contributed by atoms with van der Waals surface area (Å²) in [6.45, 7) is 2.25. The second-order valence-corrected chi connectivity index (χ2v) is 6.36. The van der Waals surface area contributed by atoms with Gasteiger partial charge in [0.1, 0.15) is 6.10 Å². The van der Waals surface area contributed by atoms with Crippen molar-refractivity contribution in [3.05, 3.63) is 36.5 Å². The molecule has 0 bridgehead atoms. The van der Waals surface area contributed by atoms with Gasteiger partial charge in [0.15, 0.2) is 0 Å². The van der Waals surface area contributed by atoms with Gasteiger partial charge in [0, 0.05) is 6.42 Å². The van der Waals surface area contributed by atoms with E-state index in [9.17, 15) is 4.79 Å². The van der Waals surface area contributed by atoms with E-state index in [0.29, 0.717) is 6.42 Å². The van der Waals surface area contributed by atoms with E-state index in [-0.39, 0.29) is 18.2 Å². The molecule has 1 aliphatic rings. The molecule has 0 aromatic carbocycles. The van der Waals surface area contributed by atoms with Crippen molar-refractivity contribution in [1.29, 1.82) is 0 Å². The van der Waals surface area contributed by atoms with Gasteiger partial charge in [-0.25, -0.2) is 0 Å². The van der Waals surface area contributed by atoms with E-state index in [0.717, 1.165) is 12.8 Å². The maximum absolute atomic E-state index is 11.0. The number of allylic oxidation sites excluding steroid dienone is 5. The van der Waals surface area contributed by atoms with E-state index in [1.54, 1.807) is 0 Å². The Morgan fingerprint density at radius 3 is 2.54 bits per heavy atom. The molecule has 0 amide bonds. The smallest absolute Gasteiger partial charge is 0.305 e. The lowest BCUT2D eigenvalue weighted by Crippen LogP contribution is -2.01. The van der Waals surface area contributed by atoms with Crippen LogP contribution in [0.1, 0.15) is 71.1 Å². The Bertz CT molecular complexity index is 409. The van der Waals surface area contributed by atoms with Crippen LogP contribution in [0.4, 0.5) is 0 Å². The van der Waals surface area contributed by atoms with Crippen LogP contribution in [0.15, 0.2) is 36.5 Å². The molecule has 0 unspecified atom stereocenters. The van der Waals surface area contributed by atoms with Crippen LogP contribution in [-0.2, 0) is 14.3 Å². The molecule has 1 saturated heterocycles. The zero-order valence-corrected chi connectivity index (χ0v) is 15.4. The van der Waals surface area contributed by atoms with Crippen LogP contribution in [-0.4, -0.2) is 25.3 Å².